The van der Waals surface area contributed by atoms with Crippen molar-refractivity contribution in [3.05, 3.63) is 22.7 Å². The van der Waals surface area contributed by atoms with Crippen LogP contribution in [0.5, 0.6) is 5.75 Å². The summed E-state index contributed by atoms with van der Waals surface area (Å²) in [6.07, 6.45) is 5.30. The minimum atomic E-state index is 0.319. The van der Waals surface area contributed by atoms with Crippen LogP contribution in [0.2, 0.25) is 0 Å². The van der Waals surface area contributed by atoms with Crippen molar-refractivity contribution in [1.82, 2.24) is 5.32 Å². The molecule has 4 heteroatoms. The van der Waals surface area contributed by atoms with E-state index < -0.39 is 0 Å². The molecule has 1 aromatic rings. The quantitative estimate of drug-likeness (QED) is 0.892. The normalized spacial score (nSPS) is 25.1. The van der Waals surface area contributed by atoms with Crippen molar-refractivity contribution in [2.24, 2.45) is 0 Å². The maximum absolute atomic E-state index is 5.57. The van der Waals surface area contributed by atoms with Crippen LogP contribution in [0.1, 0.15) is 32.6 Å². The van der Waals surface area contributed by atoms with Gasteiger partial charge >= 0.3 is 0 Å². The van der Waals surface area contributed by atoms with Gasteiger partial charge in [0.05, 0.1) is 12.8 Å². The molecule has 0 aromatic heterocycles. The topological polar surface area (TPSA) is 24.5 Å². The first-order chi connectivity index (χ1) is 9.63. The van der Waals surface area contributed by atoms with Gasteiger partial charge < -0.3 is 15.0 Å². The van der Waals surface area contributed by atoms with Gasteiger partial charge in [-0.05, 0) is 38.0 Å². The predicted molar refractivity (Wildman–Crippen MR) is 86.7 cm³/mol. The smallest absolute Gasteiger partial charge is 0.142 e. The van der Waals surface area contributed by atoms with Crippen molar-refractivity contribution in [3.63, 3.8) is 0 Å². The summed E-state index contributed by atoms with van der Waals surface area (Å²) >= 11 is 3.59. The van der Waals surface area contributed by atoms with E-state index in [0.29, 0.717) is 11.6 Å². The van der Waals surface area contributed by atoms with Gasteiger partial charge in [-0.1, -0.05) is 28.8 Å². The minimum Gasteiger partial charge on any atom is -0.495 e. The van der Waals surface area contributed by atoms with Gasteiger partial charge in [0.2, 0.25) is 0 Å². The molecule has 2 aliphatic rings. The number of piperazine rings is 1. The standard InChI is InChI=1S/C16H23BrN2O/c1-12-10-18-16(7-3-4-8-16)11-19(12)14-9-13(17)5-6-15(14)20-2/h5-6,9,12,18H,3-4,7-8,10-11H2,1-2H3. The molecular weight excluding hydrogens is 316 g/mol. The molecule has 1 aliphatic carbocycles. The molecule has 1 saturated carbocycles. The molecule has 0 amide bonds. The van der Waals surface area contributed by atoms with Crippen LogP contribution in [0.3, 0.4) is 0 Å². The molecule has 1 N–H and O–H groups in total. The maximum Gasteiger partial charge on any atom is 0.142 e. The predicted octanol–water partition coefficient (Wildman–Crippen LogP) is 3.57. The molecule has 0 radical (unpaired) electrons. The lowest BCUT2D eigenvalue weighted by Gasteiger charge is -2.46. The van der Waals surface area contributed by atoms with E-state index in [0.717, 1.165) is 23.3 Å². The first-order valence-corrected chi connectivity index (χ1v) is 8.28. The molecule has 3 nitrogen and oxygen atoms in total. The van der Waals surface area contributed by atoms with Crippen molar-refractivity contribution in [2.45, 2.75) is 44.2 Å². The molecule has 1 spiro atoms. The summed E-state index contributed by atoms with van der Waals surface area (Å²) in [5, 5.41) is 3.80. The SMILES string of the molecule is COc1ccc(Br)cc1N1CC2(CCCC2)NCC1C. The minimum absolute atomic E-state index is 0.319. The van der Waals surface area contributed by atoms with Gasteiger partial charge in [0.1, 0.15) is 5.75 Å². The molecule has 2 fully saturated rings. The first kappa shape index (κ1) is 14.2. The Hall–Kier alpha value is -0.740. The van der Waals surface area contributed by atoms with Crippen molar-refractivity contribution in [2.75, 3.05) is 25.1 Å². The second-order valence-corrected chi connectivity index (χ2v) is 7.08. The number of anilines is 1. The monoisotopic (exact) mass is 338 g/mol. The molecule has 1 aromatic carbocycles. The van der Waals surface area contributed by atoms with E-state index in [1.165, 1.54) is 31.4 Å². The van der Waals surface area contributed by atoms with Gasteiger partial charge in [0.15, 0.2) is 0 Å². The molecule has 110 valence electrons. The van der Waals surface area contributed by atoms with E-state index in [-0.39, 0.29) is 0 Å². The van der Waals surface area contributed by atoms with E-state index in [1.54, 1.807) is 7.11 Å². The number of halogens is 1. The number of rotatable bonds is 2. The third-order valence-electron chi connectivity index (χ3n) is 4.79. The summed E-state index contributed by atoms with van der Waals surface area (Å²) in [6.45, 7) is 4.42. The zero-order valence-electron chi connectivity index (χ0n) is 12.3. The van der Waals surface area contributed by atoms with E-state index in [2.05, 4.69) is 45.2 Å². The number of hydrogen-bond acceptors (Lipinski definition) is 3. The summed E-state index contributed by atoms with van der Waals surface area (Å²) in [5.74, 6) is 0.968. The van der Waals surface area contributed by atoms with Gasteiger partial charge in [-0.25, -0.2) is 0 Å². The van der Waals surface area contributed by atoms with Gasteiger partial charge in [-0.2, -0.15) is 0 Å². The Morgan fingerprint density at radius 1 is 1.35 bits per heavy atom. The molecule has 3 rings (SSSR count). The highest BCUT2D eigenvalue weighted by Crippen LogP contribution is 2.39. The number of nitrogens with one attached hydrogen (secondary N) is 1. The highest BCUT2D eigenvalue weighted by atomic mass is 79.9. The van der Waals surface area contributed by atoms with E-state index in [1.807, 2.05) is 6.07 Å². The second kappa shape index (κ2) is 5.57. The van der Waals surface area contributed by atoms with Crippen molar-refractivity contribution >= 4 is 21.6 Å². The lowest BCUT2D eigenvalue weighted by atomic mass is 9.92. The average Bonchev–Trinajstić information content (AvgIpc) is 2.90. The van der Waals surface area contributed by atoms with Crippen LogP contribution in [-0.4, -0.2) is 31.8 Å². The Morgan fingerprint density at radius 3 is 2.80 bits per heavy atom. The lowest BCUT2D eigenvalue weighted by molar-refractivity contribution is 0.275. The fourth-order valence-electron chi connectivity index (χ4n) is 3.61. The Labute approximate surface area is 129 Å². The van der Waals surface area contributed by atoms with E-state index >= 15 is 0 Å². The Balaban J connectivity index is 1.92. The van der Waals surface area contributed by atoms with Crippen LogP contribution < -0.4 is 15.0 Å². The van der Waals surface area contributed by atoms with Crippen molar-refractivity contribution in [3.8, 4) is 5.75 Å². The zero-order valence-corrected chi connectivity index (χ0v) is 13.9. The zero-order chi connectivity index (χ0) is 14.2. The fourth-order valence-corrected chi connectivity index (χ4v) is 3.96. The number of ether oxygens (including phenoxy) is 1. The molecule has 1 aliphatic heterocycles. The molecule has 1 heterocycles. The van der Waals surface area contributed by atoms with Crippen molar-refractivity contribution in [1.29, 1.82) is 0 Å². The van der Waals surface area contributed by atoms with Gasteiger partial charge in [0, 0.05) is 29.1 Å². The number of nitrogens with zero attached hydrogens (tertiary/aromatic N) is 1. The molecule has 0 bridgehead atoms. The largest absolute Gasteiger partial charge is 0.495 e. The highest BCUT2D eigenvalue weighted by Gasteiger charge is 2.40. The number of hydrogen-bond donors (Lipinski definition) is 1. The molecule has 1 saturated heterocycles. The Morgan fingerprint density at radius 2 is 2.10 bits per heavy atom. The molecular formula is C16H23BrN2O. The van der Waals surface area contributed by atoms with Crippen molar-refractivity contribution < 1.29 is 4.74 Å². The van der Waals surface area contributed by atoms with E-state index in [9.17, 15) is 0 Å². The number of methoxy groups -OCH3 is 1. The van der Waals surface area contributed by atoms with Crippen LogP contribution in [0.15, 0.2) is 22.7 Å². The average molecular weight is 339 g/mol. The van der Waals surface area contributed by atoms with Crippen LogP contribution in [0, 0.1) is 0 Å². The maximum atomic E-state index is 5.57. The van der Waals surface area contributed by atoms with Crippen LogP contribution in [0.25, 0.3) is 0 Å². The van der Waals surface area contributed by atoms with Gasteiger partial charge in [0.25, 0.3) is 0 Å². The van der Waals surface area contributed by atoms with Crippen LogP contribution in [-0.2, 0) is 0 Å². The third kappa shape index (κ3) is 2.56. The lowest BCUT2D eigenvalue weighted by Crippen LogP contribution is -2.62. The molecule has 1 unspecified atom stereocenters. The Bertz CT molecular complexity index is 485. The fraction of sp³-hybridized carbons (Fsp3) is 0.625. The third-order valence-corrected chi connectivity index (χ3v) is 5.28. The summed E-state index contributed by atoms with van der Waals surface area (Å²) in [6, 6.07) is 6.77. The van der Waals surface area contributed by atoms with Gasteiger partial charge in [-0.3, -0.25) is 0 Å². The summed E-state index contributed by atoms with van der Waals surface area (Å²) in [5.41, 5.74) is 1.53. The van der Waals surface area contributed by atoms with Crippen LogP contribution >= 0.6 is 15.9 Å². The molecule has 1 atom stereocenters. The summed E-state index contributed by atoms with van der Waals surface area (Å²) < 4.78 is 6.68. The first-order valence-electron chi connectivity index (χ1n) is 7.49. The Kier molecular flexibility index (Phi) is 3.95. The summed E-state index contributed by atoms with van der Waals surface area (Å²) in [7, 11) is 1.75. The van der Waals surface area contributed by atoms with E-state index in [4.69, 9.17) is 4.74 Å². The van der Waals surface area contributed by atoms with Gasteiger partial charge in [-0.15, -0.1) is 0 Å². The summed E-state index contributed by atoms with van der Waals surface area (Å²) in [4.78, 5) is 2.52. The molecule has 20 heavy (non-hydrogen) atoms. The highest BCUT2D eigenvalue weighted by molar-refractivity contribution is 9.10. The second-order valence-electron chi connectivity index (χ2n) is 6.16. The van der Waals surface area contributed by atoms with Crippen LogP contribution in [0.4, 0.5) is 5.69 Å². The number of benzene rings is 1.